The number of hydrogen-bond acceptors (Lipinski definition) is 6. The maximum Gasteiger partial charge on any atom is 0.241 e. The van der Waals surface area contributed by atoms with Gasteiger partial charge in [-0.15, -0.1) is 0 Å². The van der Waals surface area contributed by atoms with E-state index in [2.05, 4.69) is 9.83 Å². The Morgan fingerprint density at radius 1 is 0.952 bits per heavy atom. The van der Waals surface area contributed by atoms with E-state index >= 15 is 4.39 Å². The Balaban J connectivity index is 1.43. The third kappa shape index (κ3) is 5.28. The Bertz CT molecular complexity index is 1950. The van der Waals surface area contributed by atoms with Crippen LogP contribution in [0.4, 0.5) is 14.6 Å². The molecule has 0 atom stereocenters. The van der Waals surface area contributed by atoms with Crippen molar-refractivity contribution in [2.45, 2.75) is 6.42 Å². The van der Waals surface area contributed by atoms with E-state index in [1.165, 1.54) is 80.7 Å². The van der Waals surface area contributed by atoms with E-state index in [0.717, 1.165) is 0 Å². The standard InChI is InChI=1S/C32H23F2N3O5/c1-35-32-30(19-6-8-20(33)9-7-19)31(39)22(17-37(32)2)25(38)14-18-5-10-27(23(34)13-18)42-26-11-12-36-24-16-29(41-4)28(40-3)15-21(24)26/h5-13,15-17H,14H2,2-4H3. The van der Waals surface area contributed by atoms with Gasteiger partial charge in [0.1, 0.15) is 17.1 Å². The molecule has 0 bridgehead atoms. The molecule has 0 amide bonds. The predicted molar refractivity (Wildman–Crippen MR) is 153 cm³/mol. The first-order valence-electron chi connectivity index (χ1n) is 12.6. The Morgan fingerprint density at radius 3 is 2.33 bits per heavy atom. The van der Waals surface area contributed by atoms with Gasteiger partial charge in [-0.05, 0) is 47.5 Å². The molecular formula is C32H23F2N3O5. The molecule has 2 aromatic heterocycles. The van der Waals surface area contributed by atoms with Crippen LogP contribution in [0, 0.1) is 18.2 Å². The molecule has 8 nitrogen and oxygen atoms in total. The van der Waals surface area contributed by atoms with Crippen LogP contribution < -0.4 is 19.6 Å². The fourth-order valence-corrected chi connectivity index (χ4v) is 4.61. The monoisotopic (exact) mass is 567 g/mol. The van der Waals surface area contributed by atoms with E-state index in [1.54, 1.807) is 18.2 Å². The van der Waals surface area contributed by atoms with Crippen molar-refractivity contribution in [2.75, 3.05) is 14.2 Å². The summed E-state index contributed by atoms with van der Waals surface area (Å²) in [4.78, 5) is 34.3. The molecule has 0 saturated heterocycles. The number of halogens is 2. The Labute approximate surface area is 239 Å². The van der Waals surface area contributed by atoms with Crippen molar-refractivity contribution in [3.05, 3.63) is 117 Å². The van der Waals surface area contributed by atoms with E-state index < -0.39 is 22.8 Å². The summed E-state index contributed by atoms with van der Waals surface area (Å²) in [6, 6.07) is 14.1. The second-order valence-corrected chi connectivity index (χ2v) is 9.30. The van der Waals surface area contributed by atoms with Crippen molar-refractivity contribution in [3.8, 4) is 34.1 Å². The number of aryl methyl sites for hydroxylation is 1. The molecule has 0 spiro atoms. The molecule has 3 aromatic carbocycles. The van der Waals surface area contributed by atoms with Crippen molar-refractivity contribution in [3.63, 3.8) is 0 Å². The Morgan fingerprint density at radius 2 is 1.67 bits per heavy atom. The fourth-order valence-electron chi connectivity index (χ4n) is 4.61. The molecule has 5 aromatic rings. The van der Waals surface area contributed by atoms with E-state index in [9.17, 15) is 14.0 Å². The largest absolute Gasteiger partial charge is 0.493 e. The number of benzene rings is 3. The number of nitrogens with zero attached hydrogens (tertiary/aromatic N) is 3. The van der Waals surface area contributed by atoms with Gasteiger partial charge in [-0.1, -0.05) is 24.8 Å². The number of ketones is 1. The molecule has 0 saturated carbocycles. The van der Waals surface area contributed by atoms with Crippen LogP contribution in [0.3, 0.4) is 0 Å². The number of carbonyl (C=O) groups excluding carboxylic acids is 1. The molecule has 2 heterocycles. The molecule has 42 heavy (non-hydrogen) atoms. The zero-order chi connectivity index (χ0) is 30.0. The van der Waals surface area contributed by atoms with Gasteiger partial charge in [-0.25, -0.2) is 8.78 Å². The summed E-state index contributed by atoms with van der Waals surface area (Å²) in [5, 5.41) is 0.574. The summed E-state index contributed by atoms with van der Waals surface area (Å²) in [6.07, 6.45) is 2.53. The van der Waals surface area contributed by atoms with E-state index in [1.807, 2.05) is 0 Å². The number of aromatic nitrogens is 2. The smallest absolute Gasteiger partial charge is 0.241 e. The molecular weight excluding hydrogens is 544 g/mol. The highest BCUT2D eigenvalue weighted by molar-refractivity contribution is 5.99. The number of Topliss-reactive ketones (excluding diaryl/α,β-unsaturated/α-hetero) is 1. The number of carbonyl (C=O) groups is 1. The maximum absolute atomic E-state index is 15.2. The third-order valence-electron chi connectivity index (χ3n) is 6.68. The average Bonchev–Trinajstić information content (AvgIpc) is 2.99. The number of rotatable bonds is 8. The van der Waals surface area contributed by atoms with Gasteiger partial charge in [0.25, 0.3) is 0 Å². The number of pyridine rings is 2. The number of ether oxygens (including phenoxy) is 3. The molecule has 210 valence electrons. The molecule has 0 fully saturated rings. The lowest BCUT2D eigenvalue weighted by Crippen LogP contribution is -2.21. The topological polar surface area (TPSA) is 84.0 Å². The minimum absolute atomic E-state index is 0.00731. The fraction of sp³-hybridized carbons (Fsp3) is 0.125. The summed E-state index contributed by atoms with van der Waals surface area (Å²) < 4.78 is 46.6. The van der Waals surface area contributed by atoms with Gasteiger partial charge in [-0.3, -0.25) is 14.6 Å². The average molecular weight is 568 g/mol. The Hall–Kier alpha value is -5.56. The van der Waals surface area contributed by atoms with Crippen LogP contribution in [0.2, 0.25) is 0 Å². The molecule has 5 rings (SSSR count). The first-order chi connectivity index (χ1) is 20.2. The molecule has 0 N–H and O–H groups in total. The zero-order valence-corrected chi connectivity index (χ0v) is 22.8. The van der Waals surface area contributed by atoms with Crippen LogP contribution in [-0.2, 0) is 13.5 Å². The van der Waals surface area contributed by atoms with Crippen LogP contribution in [0.15, 0.2) is 77.9 Å². The number of methoxy groups -OCH3 is 2. The normalized spacial score (nSPS) is 10.8. The van der Waals surface area contributed by atoms with E-state index in [0.29, 0.717) is 39.3 Å². The van der Waals surface area contributed by atoms with Gasteiger partial charge in [0.05, 0.1) is 38.5 Å². The molecule has 10 heteroatoms. The first-order valence-corrected chi connectivity index (χ1v) is 12.6. The van der Waals surface area contributed by atoms with Crippen LogP contribution in [0.25, 0.3) is 26.9 Å². The highest BCUT2D eigenvalue weighted by atomic mass is 19.1. The summed E-state index contributed by atoms with van der Waals surface area (Å²) >= 11 is 0. The summed E-state index contributed by atoms with van der Waals surface area (Å²) in [5.74, 6) is -0.578. The molecule has 0 aliphatic carbocycles. The lowest BCUT2D eigenvalue weighted by Gasteiger charge is -2.13. The maximum atomic E-state index is 15.2. The van der Waals surface area contributed by atoms with Crippen molar-refractivity contribution in [1.29, 1.82) is 0 Å². The number of fused-ring (bicyclic) bond motifs is 1. The van der Waals surface area contributed by atoms with Crippen molar-refractivity contribution >= 4 is 22.5 Å². The second-order valence-electron chi connectivity index (χ2n) is 9.30. The van der Waals surface area contributed by atoms with Crippen LogP contribution in [0.1, 0.15) is 15.9 Å². The van der Waals surface area contributed by atoms with Crippen LogP contribution in [-0.4, -0.2) is 29.6 Å². The van der Waals surface area contributed by atoms with Gasteiger partial charge in [0, 0.05) is 24.1 Å². The SMILES string of the molecule is [C-]#[N+]c1c(-c2ccc(F)cc2)c(=O)c(C(=O)Cc2ccc(Oc3ccnc4cc(OC)c(OC)cc34)c(F)c2)cn1C. The predicted octanol–water partition coefficient (Wildman–Crippen LogP) is 6.66. The Kier molecular flexibility index (Phi) is 7.67. The molecule has 0 aliphatic rings. The van der Waals surface area contributed by atoms with Gasteiger partial charge < -0.3 is 23.6 Å². The van der Waals surface area contributed by atoms with Crippen LogP contribution >= 0.6 is 0 Å². The van der Waals surface area contributed by atoms with E-state index in [4.69, 9.17) is 20.8 Å². The zero-order valence-electron chi connectivity index (χ0n) is 22.8. The third-order valence-corrected chi connectivity index (χ3v) is 6.68. The first kappa shape index (κ1) is 28.0. The van der Waals surface area contributed by atoms with Gasteiger partial charge in [0.2, 0.25) is 5.82 Å². The highest BCUT2D eigenvalue weighted by Gasteiger charge is 2.22. The quantitative estimate of drug-likeness (QED) is 0.154. The lowest BCUT2D eigenvalue weighted by atomic mass is 9.98. The minimum Gasteiger partial charge on any atom is -0.493 e. The summed E-state index contributed by atoms with van der Waals surface area (Å²) in [6.45, 7) is 7.52. The minimum atomic E-state index is -0.714. The summed E-state index contributed by atoms with van der Waals surface area (Å²) in [7, 11) is 4.55. The molecule has 0 unspecified atom stereocenters. The van der Waals surface area contributed by atoms with Crippen LogP contribution in [0.5, 0.6) is 23.0 Å². The van der Waals surface area contributed by atoms with Crippen molar-refractivity contribution in [2.24, 2.45) is 7.05 Å². The molecule has 0 aliphatic heterocycles. The highest BCUT2D eigenvalue weighted by Crippen LogP contribution is 2.37. The molecule has 0 radical (unpaired) electrons. The van der Waals surface area contributed by atoms with E-state index in [-0.39, 0.29) is 29.1 Å². The second kappa shape index (κ2) is 11.5. The van der Waals surface area contributed by atoms with Gasteiger partial charge >= 0.3 is 0 Å². The number of hydrogen-bond donors (Lipinski definition) is 0. The lowest BCUT2D eigenvalue weighted by molar-refractivity contribution is 0.0991. The van der Waals surface area contributed by atoms with Crippen molar-refractivity contribution < 1.29 is 27.8 Å². The van der Waals surface area contributed by atoms with Gasteiger partial charge in [0.15, 0.2) is 34.3 Å². The van der Waals surface area contributed by atoms with Gasteiger partial charge in [-0.2, -0.15) is 0 Å². The summed E-state index contributed by atoms with van der Waals surface area (Å²) in [5.41, 5.74) is 0.344. The van der Waals surface area contributed by atoms with Crippen molar-refractivity contribution in [1.82, 2.24) is 9.55 Å².